The van der Waals surface area contributed by atoms with Crippen LogP contribution >= 0.6 is 0 Å². The van der Waals surface area contributed by atoms with Crippen LogP contribution in [0.25, 0.3) is 55.0 Å². The largest absolute Gasteiger partial charge is 0.310 e. The van der Waals surface area contributed by atoms with E-state index in [1.807, 2.05) is 32.9 Å². The molecule has 0 bridgehead atoms. The number of hydrogen-bond acceptors (Lipinski definition) is 2. The Balaban J connectivity index is 0.00000312. The number of allylic oxidation sites excluding steroid dienone is 6. The van der Waals surface area contributed by atoms with Crippen LogP contribution in [-0.2, 0) is 11.8 Å². The van der Waals surface area contributed by atoms with Crippen LogP contribution in [0.2, 0.25) is 0 Å². The number of aromatic nitrogens is 1. The molecule has 12 rings (SSSR count). The molecule has 1 aliphatic carbocycles. The van der Waals surface area contributed by atoms with Gasteiger partial charge in [-0.15, -0.1) is 0 Å². The van der Waals surface area contributed by atoms with Crippen molar-refractivity contribution in [2.45, 2.75) is 53.4 Å². The lowest BCUT2D eigenvalue weighted by Crippen LogP contribution is -2.23. The molecule has 0 saturated heterocycles. The minimum Gasteiger partial charge on any atom is -0.310 e. The molecule has 1 unspecified atom stereocenters. The molecule has 3 nitrogen and oxygen atoms in total. The van der Waals surface area contributed by atoms with Gasteiger partial charge in [-0.05, 0) is 179 Å². The molecule has 0 amide bonds. The third kappa shape index (κ3) is 8.59. The molecule has 0 saturated carbocycles. The molecule has 376 valence electrons. The molecule has 0 spiro atoms. The van der Waals surface area contributed by atoms with Crippen molar-refractivity contribution in [2.24, 2.45) is 0 Å². The highest BCUT2D eigenvalue weighted by Gasteiger charge is 2.43. The Morgan fingerprint density at radius 1 is 0.519 bits per heavy atom. The van der Waals surface area contributed by atoms with E-state index in [1.165, 1.54) is 60.4 Å². The SMILES string of the molecule is C=CC(/C=C\C)=C(/C=C)c1ccc(N(c2ccc3c(c2)c2ccccc2n3-c2ccccc2)c2cc3c(c4ccccc24)-c2ccc(N(c4ccccc4)c4ccc(CC)cc4)cc2C3(C)c2ccccc2)cc1C.CC. The number of nitrogens with zero attached hydrogens (tertiary/aromatic N) is 3. The Hall–Kier alpha value is -9.18. The van der Waals surface area contributed by atoms with Crippen molar-refractivity contribution in [2.75, 3.05) is 9.80 Å². The Morgan fingerprint density at radius 2 is 1.09 bits per heavy atom. The first-order valence-electron chi connectivity index (χ1n) is 27.2. The van der Waals surface area contributed by atoms with E-state index in [0.29, 0.717) is 0 Å². The van der Waals surface area contributed by atoms with Crippen LogP contribution < -0.4 is 9.80 Å². The highest BCUT2D eigenvalue weighted by atomic mass is 15.2. The number of aryl methyl sites for hydroxylation is 2. The van der Waals surface area contributed by atoms with Gasteiger partial charge in [-0.1, -0.05) is 192 Å². The van der Waals surface area contributed by atoms with E-state index in [0.717, 1.165) is 74.0 Å². The van der Waals surface area contributed by atoms with Gasteiger partial charge in [0.25, 0.3) is 0 Å². The maximum Gasteiger partial charge on any atom is 0.0543 e. The van der Waals surface area contributed by atoms with Crippen LogP contribution in [0.15, 0.2) is 267 Å². The minimum atomic E-state index is -0.537. The Morgan fingerprint density at radius 3 is 1.77 bits per heavy atom. The van der Waals surface area contributed by atoms with Gasteiger partial charge in [0.1, 0.15) is 0 Å². The fourth-order valence-electron chi connectivity index (χ4n) is 12.0. The van der Waals surface area contributed by atoms with Crippen molar-refractivity contribution in [3.05, 3.63) is 301 Å². The van der Waals surface area contributed by atoms with E-state index in [1.54, 1.807) is 0 Å². The smallest absolute Gasteiger partial charge is 0.0543 e. The van der Waals surface area contributed by atoms with E-state index in [4.69, 9.17) is 0 Å². The quantitative estimate of drug-likeness (QED) is 0.107. The summed E-state index contributed by atoms with van der Waals surface area (Å²) in [5, 5.41) is 4.79. The summed E-state index contributed by atoms with van der Waals surface area (Å²) in [7, 11) is 0. The van der Waals surface area contributed by atoms with E-state index in [9.17, 15) is 0 Å². The van der Waals surface area contributed by atoms with Gasteiger partial charge >= 0.3 is 0 Å². The maximum absolute atomic E-state index is 4.28. The number of hydrogen-bond donors (Lipinski definition) is 0. The maximum atomic E-state index is 4.28. The van der Waals surface area contributed by atoms with Gasteiger partial charge in [-0.3, -0.25) is 0 Å². The van der Waals surface area contributed by atoms with Crippen LogP contribution in [0.4, 0.5) is 34.1 Å². The van der Waals surface area contributed by atoms with Crippen molar-refractivity contribution in [3.8, 4) is 16.8 Å². The fourth-order valence-corrected chi connectivity index (χ4v) is 12.0. The van der Waals surface area contributed by atoms with Gasteiger partial charge in [0, 0.05) is 55.7 Å². The third-order valence-corrected chi connectivity index (χ3v) is 15.6. The van der Waals surface area contributed by atoms with E-state index >= 15 is 0 Å². The van der Waals surface area contributed by atoms with Gasteiger partial charge in [-0.25, -0.2) is 0 Å². The average Bonchev–Trinajstić information content (AvgIpc) is 4.11. The van der Waals surface area contributed by atoms with Crippen molar-refractivity contribution in [1.29, 1.82) is 0 Å². The lowest BCUT2D eigenvalue weighted by molar-refractivity contribution is 0.714. The number of para-hydroxylation sites is 3. The molecule has 1 heterocycles. The Kier molecular flexibility index (Phi) is 13.8. The molecule has 0 N–H and O–H groups in total. The van der Waals surface area contributed by atoms with Crippen LogP contribution in [0.3, 0.4) is 0 Å². The minimum absolute atomic E-state index is 0.537. The topological polar surface area (TPSA) is 11.4 Å². The first-order valence-corrected chi connectivity index (χ1v) is 27.2. The third-order valence-electron chi connectivity index (χ3n) is 15.6. The van der Waals surface area contributed by atoms with Crippen molar-refractivity contribution < 1.29 is 0 Å². The molecular weight excluding hydrogens is 931 g/mol. The summed E-state index contributed by atoms with van der Waals surface area (Å²) in [6.45, 7) is 21.4. The van der Waals surface area contributed by atoms with Crippen molar-refractivity contribution in [1.82, 2.24) is 4.57 Å². The second-order valence-electron chi connectivity index (χ2n) is 19.8. The monoisotopic (exact) mass is 996 g/mol. The number of fused-ring (bicyclic) bond motifs is 8. The van der Waals surface area contributed by atoms with E-state index in [2.05, 4.69) is 285 Å². The molecule has 77 heavy (non-hydrogen) atoms. The zero-order valence-electron chi connectivity index (χ0n) is 45.1. The molecule has 1 aromatic heterocycles. The first-order chi connectivity index (χ1) is 37.8. The second kappa shape index (κ2) is 21.2. The predicted molar refractivity (Wildman–Crippen MR) is 333 cm³/mol. The zero-order chi connectivity index (χ0) is 53.2. The van der Waals surface area contributed by atoms with Crippen molar-refractivity contribution >= 4 is 72.3 Å². The number of benzene rings is 10. The van der Waals surface area contributed by atoms with Gasteiger partial charge in [0.15, 0.2) is 0 Å². The van der Waals surface area contributed by atoms with Gasteiger partial charge in [-0.2, -0.15) is 0 Å². The standard InChI is InChI=1S/C72H59N3.C2H6/c1-7-24-51(9-3)59(10-4)60-42-39-56(45-49(60)5)74(57-41-44-69-65(46-57)62-32-22-23-34-68(62)75(69)54-29-18-13-19-30-54)70-48-67-71(63-33-21-20-31-61(63)70)64-43-40-58(47-66(64)72(67,6)52-25-14-11-15-26-52)73(53-27-16-12-17-28-53)55-37-35-50(8-2)36-38-55;1-2/h7,9-48H,3-4,8H2,1-2,5-6H3;1-2H3/b24-7-,59-51+;. The highest BCUT2D eigenvalue weighted by Crippen LogP contribution is 2.58. The Labute approximate surface area is 455 Å². The summed E-state index contributed by atoms with van der Waals surface area (Å²) in [4.78, 5) is 4.90. The van der Waals surface area contributed by atoms with Gasteiger partial charge < -0.3 is 14.4 Å². The molecule has 3 heteroatoms. The summed E-state index contributed by atoms with van der Waals surface area (Å²) in [6, 6.07) is 83.1. The predicted octanol–water partition coefficient (Wildman–Crippen LogP) is 20.8. The molecular formula is C74H65N3. The number of anilines is 6. The molecule has 10 aromatic carbocycles. The fraction of sp³-hybridized carbons (Fsp3) is 0.108. The van der Waals surface area contributed by atoms with Crippen LogP contribution in [-0.4, -0.2) is 4.57 Å². The summed E-state index contributed by atoms with van der Waals surface area (Å²) >= 11 is 0. The van der Waals surface area contributed by atoms with Crippen LogP contribution in [0.1, 0.15) is 68.0 Å². The summed E-state index contributed by atoms with van der Waals surface area (Å²) in [5.41, 5.74) is 21.5. The van der Waals surface area contributed by atoms with Crippen LogP contribution in [0.5, 0.6) is 0 Å². The van der Waals surface area contributed by atoms with Crippen LogP contribution in [0, 0.1) is 6.92 Å². The summed E-state index contributed by atoms with van der Waals surface area (Å²) in [6.07, 6.45) is 9.03. The lowest BCUT2D eigenvalue weighted by atomic mass is 9.73. The van der Waals surface area contributed by atoms with Crippen molar-refractivity contribution in [3.63, 3.8) is 0 Å². The number of rotatable bonds is 13. The highest BCUT2D eigenvalue weighted by molar-refractivity contribution is 6.13. The molecule has 0 radical (unpaired) electrons. The molecule has 0 fully saturated rings. The van der Waals surface area contributed by atoms with E-state index in [-0.39, 0.29) is 0 Å². The van der Waals surface area contributed by atoms with Gasteiger partial charge in [0.2, 0.25) is 0 Å². The van der Waals surface area contributed by atoms with E-state index < -0.39 is 5.41 Å². The average molecular weight is 996 g/mol. The Bertz CT molecular complexity index is 4050. The molecule has 1 atom stereocenters. The first kappa shape index (κ1) is 50.0. The molecule has 11 aromatic rings. The normalized spacial score (nSPS) is 13.9. The molecule has 1 aliphatic rings. The zero-order valence-corrected chi connectivity index (χ0v) is 45.1. The lowest BCUT2D eigenvalue weighted by Gasteiger charge is -2.33. The summed E-state index contributed by atoms with van der Waals surface area (Å²) in [5.74, 6) is 0. The molecule has 0 aliphatic heterocycles. The second-order valence-corrected chi connectivity index (χ2v) is 19.8. The van der Waals surface area contributed by atoms with Gasteiger partial charge in [0.05, 0.1) is 16.7 Å². The summed E-state index contributed by atoms with van der Waals surface area (Å²) < 4.78 is 2.39.